The van der Waals surface area contributed by atoms with Gasteiger partial charge in [-0.1, -0.05) is 30.3 Å². The summed E-state index contributed by atoms with van der Waals surface area (Å²) in [5.74, 6) is 0. The quantitative estimate of drug-likeness (QED) is 0.834. The molecule has 1 N–H and O–H groups in total. The van der Waals surface area contributed by atoms with E-state index in [1.807, 2.05) is 0 Å². The second kappa shape index (κ2) is 5.17. The van der Waals surface area contributed by atoms with Gasteiger partial charge in [0.15, 0.2) is 0 Å². The number of piperazine rings is 1. The molecule has 0 radical (unpaired) electrons. The largest absolute Gasteiger partial charge is 0.380 e. The molecule has 2 unspecified atom stereocenters. The number of nitrogens with zero attached hydrogens (tertiary/aromatic N) is 1. The summed E-state index contributed by atoms with van der Waals surface area (Å²) in [6, 6.07) is 11.9. The van der Waals surface area contributed by atoms with Gasteiger partial charge >= 0.3 is 0 Å². The van der Waals surface area contributed by atoms with Crippen molar-refractivity contribution in [2.24, 2.45) is 0 Å². The van der Waals surface area contributed by atoms with Crippen molar-refractivity contribution in [3.05, 3.63) is 35.9 Å². The molecular weight excluding hydrogens is 212 g/mol. The average molecular weight is 232 g/mol. The summed E-state index contributed by atoms with van der Waals surface area (Å²) in [6.45, 7) is 5.19. The van der Waals surface area contributed by atoms with Gasteiger partial charge in [-0.25, -0.2) is 0 Å². The summed E-state index contributed by atoms with van der Waals surface area (Å²) in [7, 11) is 0. The molecule has 3 rings (SSSR count). The van der Waals surface area contributed by atoms with E-state index in [0.717, 1.165) is 32.8 Å². The van der Waals surface area contributed by atoms with Crippen LogP contribution in [0, 0.1) is 0 Å². The zero-order valence-corrected chi connectivity index (χ0v) is 10.1. The van der Waals surface area contributed by atoms with Crippen LogP contribution in [0.4, 0.5) is 0 Å². The first-order valence-electron chi connectivity index (χ1n) is 6.53. The Morgan fingerprint density at radius 3 is 2.88 bits per heavy atom. The molecule has 92 valence electrons. The minimum Gasteiger partial charge on any atom is -0.380 e. The lowest BCUT2D eigenvalue weighted by Crippen LogP contribution is -2.50. The fraction of sp³-hybridized carbons (Fsp3) is 0.571. The van der Waals surface area contributed by atoms with E-state index in [-0.39, 0.29) is 0 Å². The third-order valence-corrected chi connectivity index (χ3v) is 3.83. The van der Waals surface area contributed by atoms with Gasteiger partial charge in [0.05, 0.1) is 6.61 Å². The van der Waals surface area contributed by atoms with Gasteiger partial charge in [0.25, 0.3) is 0 Å². The molecular formula is C14H20N2O. The number of rotatable bonds is 2. The first kappa shape index (κ1) is 11.2. The summed E-state index contributed by atoms with van der Waals surface area (Å²) >= 11 is 0. The Balaban J connectivity index is 1.67. The Morgan fingerprint density at radius 2 is 2.12 bits per heavy atom. The van der Waals surface area contributed by atoms with Crippen molar-refractivity contribution in [2.75, 3.05) is 32.8 Å². The Bertz CT molecular complexity index is 348. The van der Waals surface area contributed by atoms with Crippen LogP contribution >= 0.6 is 0 Å². The van der Waals surface area contributed by atoms with Crippen molar-refractivity contribution in [3.63, 3.8) is 0 Å². The first-order valence-corrected chi connectivity index (χ1v) is 6.53. The van der Waals surface area contributed by atoms with Crippen LogP contribution in [0.25, 0.3) is 0 Å². The van der Waals surface area contributed by atoms with Crippen LogP contribution in [0.15, 0.2) is 30.3 Å². The molecule has 2 aliphatic rings. The van der Waals surface area contributed by atoms with Crippen molar-refractivity contribution in [3.8, 4) is 0 Å². The first-order chi connectivity index (χ1) is 8.43. The lowest BCUT2D eigenvalue weighted by atomic mass is 10.0. The van der Waals surface area contributed by atoms with E-state index in [4.69, 9.17) is 4.74 Å². The highest BCUT2D eigenvalue weighted by molar-refractivity contribution is 5.19. The normalized spacial score (nSPS) is 30.6. The van der Waals surface area contributed by atoms with Gasteiger partial charge in [-0.2, -0.15) is 0 Å². The van der Waals surface area contributed by atoms with E-state index in [2.05, 4.69) is 40.5 Å². The molecule has 0 bridgehead atoms. The van der Waals surface area contributed by atoms with E-state index in [1.54, 1.807) is 0 Å². The standard InChI is InChI=1S/C14H20N2O/c1-2-4-12(5-3-1)14-10-16(8-7-15-14)13-6-9-17-11-13/h1-5,13-15H,6-11H2. The topological polar surface area (TPSA) is 24.5 Å². The summed E-state index contributed by atoms with van der Waals surface area (Å²) in [6.07, 6.45) is 1.20. The predicted molar refractivity (Wildman–Crippen MR) is 68.0 cm³/mol. The summed E-state index contributed by atoms with van der Waals surface area (Å²) in [5.41, 5.74) is 1.40. The van der Waals surface area contributed by atoms with Crippen LogP contribution in [0.1, 0.15) is 18.0 Å². The van der Waals surface area contributed by atoms with E-state index in [1.165, 1.54) is 12.0 Å². The molecule has 17 heavy (non-hydrogen) atoms. The number of hydrogen-bond donors (Lipinski definition) is 1. The SMILES string of the molecule is c1ccc(C2CN(C3CCOC3)CCN2)cc1. The second-order valence-electron chi connectivity index (χ2n) is 4.93. The van der Waals surface area contributed by atoms with E-state index in [0.29, 0.717) is 12.1 Å². The lowest BCUT2D eigenvalue weighted by Gasteiger charge is -2.37. The van der Waals surface area contributed by atoms with Gasteiger partial charge in [-0.05, 0) is 12.0 Å². The van der Waals surface area contributed by atoms with Gasteiger partial charge in [-0.15, -0.1) is 0 Å². The average Bonchev–Trinajstić information content (AvgIpc) is 2.94. The Kier molecular flexibility index (Phi) is 3.41. The molecule has 3 nitrogen and oxygen atoms in total. The Morgan fingerprint density at radius 1 is 1.24 bits per heavy atom. The molecule has 3 heteroatoms. The molecule has 2 atom stereocenters. The third kappa shape index (κ3) is 2.51. The molecule has 0 aliphatic carbocycles. The van der Waals surface area contributed by atoms with Crippen molar-refractivity contribution < 1.29 is 4.74 Å². The fourth-order valence-corrected chi connectivity index (χ4v) is 2.82. The highest BCUT2D eigenvalue weighted by Crippen LogP contribution is 2.21. The predicted octanol–water partition coefficient (Wildman–Crippen LogP) is 1.42. The van der Waals surface area contributed by atoms with Gasteiger partial charge in [0.1, 0.15) is 0 Å². The zero-order valence-electron chi connectivity index (χ0n) is 10.1. The van der Waals surface area contributed by atoms with Crippen LogP contribution in [0.3, 0.4) is 0 Å². The molecule has 2 heterocycles. The smallest absolute Gasteiger partial charge is 0.0622 e. The maximum Gasteiger partial charge on any atom is 0.0622 e. The van der Waals surface area contributed by atoms with Crippen LogP contribution in [0.5, 0.6) is 0 Å². The molecule has 0 aromatic heterocycles. The Hall–Kier alpha value is -0.900. The van der Waals surface area contributed by atoms with E-state index in [9.17, 15) is 0 Å². The number of hydrogen-bond acceptors (Lipinski definition) is 3. The molecule has 2 saturated heterocycles. The van der Waals surface area contributed by atoms with Crippen LogP contribution in [-0.2, 0) is 4.74 Å². The molecule has 0 spiro atoms. The van der Waals surface area contributed by atoms with Crippen molar-refractivity contribution in [1.29, 1.82) is 0 Å². The summed E-state index contributed by atoms with van der Waals surface area (Å²) in [4.78, 5) is 2.58. The minimum absolute atomic E-state index is 0.477. The van der Waals surface area contributed by atoms with E-state index < -0.39 is 0 Å². The minimum atomic E-state index is 0.477. The second-order valence-corrected chi connectivity index (χ2v) is 4.93. The van der Waals surface area contributed by atoms with Crippen molar-refractivity contribution >= 4 is 0 Å². The molecule has 0 saturated carbocycles. The van der Waals surface area contributed by atoms with Gasteiger partial charge < -0.3 is 10.1 Å². The van der Waals surface area contributed by atoms with Crippen LogP contribution < -0.4 is 5.32 Å². The number of ether oxygens (including phenoxy) is 1. The van der Waals surface area contributed by atoms with Gasteiger partial charge in [0.2, 0.25) is 0 Å². The van der Waals surface area contributed by atoms with Crippen molar-refractivity contribution in [1.82, 2.24) is 10.2 Å². The zero-order chi connectivity index (χ0) is 11.5. The third-order valence-electron chi connectivity index (χ3n) is 3.83. The molecule has 1 aromatic carbocycles. The summed E-state index contributed by atoms with van der Waals surface area (Å²) < 4.78 is 5.49. The highest BCUT2D eigenvalue weighted by atomic mass is 16.5. The van der Waals surface area contributed by atoms with E-state index >= 15 is 0 Å². The highest BCUT2D eigenvalue weighted by Gasteiger charge is 2.28. The molecule has 1 aromatic rings. The van der Waals surface area contributed by atoms with Crippen LogP contribution in [0.2, 0.25) is 0 Å². The maximum atomic E-state index is 5.49. The molecule has 2 aliphatic heterocycles. The maximum absolute atomic E-state index is 5.49. The van der Waals surface area contributed by atoms with Crippen LogP contribution in [-0.4, -0.2) is 43.8 Å². The van der Waals surface area contributed by atoms with Gasteiger partial charge in [0, 0.05) is 38.3 Å². The molecule has 2 fully saturated rings. The number of benzene rings is 1. The lowest BCUT2D eigenvalue weighted by molar-refractivity contribution is 0.117. The monoisotopic (exact) mass is 232 g/mol. The Labute approximate surface area is 103 Å². The number of nitrogens with one attached hydrogen (secondary N) is 1. The van der Waals surface area contributed by atoms with Gasteiger partial charge in [-0.3, -0.25) is 4.90 Å². The summed E-state index contributed by atoms with van der Waals surface area (Å²) in [5, 5.41) is 3.61. The van der Waals surface area contributed by atoms with Crippen molar-refractivity contribution in [2.45, 2.75) is 18.5 Å². The molecule has 0 amide bonds. The fourth-order valence-electron chi connectivity index (χ4n) is 2.82.